The number of hydrogen-bond acceptors (Lipinski definition) is 3. The summed E-state index contributed by atoms with van der Waals surface area (Å²) in [7, 11) is 0. The first kappa shape index (κ1) is 14.8. The average Bonchev–Trinajstić information content (AvgIpc) is 2.44. The van der Waals surface area contributed by atoms with Crippen LogP contribution in [0.15, 0.2) is 36.4 Å². The van der Waals surface area contributed by atoms with Gasteiger partial charge in [0.05, 0.1) is 5.69 Å². The van der Waals surface area contributed by atoms with Gasteiger partial charge in [-0.1, -0.05) is 24.6 Å². The van der Waals surface area contributed by atoms with Gasteiger partial charge in [0.2, 0.25) is 5.88 Å². The molecule has 2 aromatic rings. The molecule has 0 spiro atoms. The lowest BCUT2D eigenvalue weighted by Gasteiger charge is -2.08. The predicted molar refractivity (Wildman–Crippen MR) is 82.5 cm³/mol. The summed E-state index contributed by atoms with van der Waals surface area (Å²) in [5.74, 6) is 1.35. The molecule has 4 heteroatoms. The third-order valence-corrected chi connectivity index (χ3v) is 3.29. The number of aromatic nitrogens is 1. The topological polar surface area (TPSA) is 34.1 Å². The lowest BCUT2D eigenvalue weighted by Crippen LogP contribution is -2.14. The van der Waals surface area contributed by atoms with Crippen LogP contribution in [-0.4, -0.2) is 11.5 Å². The number of halogens is 1. The van der Waals surface area contributed by atoms with E-state index in [9.17, 15) is 0 Å². The van der Waals surface area contributed by atoms with E-state index in [0.29, 0.717) is 5.88 Å². The maximum atomic E-state index is 6.00. The SMILES string of the molecule is CCCNCc1cccc(Oc2ccc(Cl)c(C)c2)n1. The number of nitrogens with one attached hydrogen (secondary N) is 1. The highest BCUT2D eigenvalue weighted by atomic mass is 35.5. The van der Waals surface area contributed by atoms with E-state index in [1.165, 1.54) is 0 Å². The highest BCUT2D eigenvalue weighted by Gasteiger charge is 2.03. The number of rotatable bonds is 6. The standard InChI is InChI=1S/C16H19ClN2O/c1-3-9-18-11-13-5-4-6-16(19-13)20-14-7-8-15(17)12(2)10-14/h4-8,10,18H,3,9,11H2,1-2H3. The number of pyridine rings is 1. The smallest absolute Gasteiger partial charge is 0.219 e. The molecule has 0 radical (unpaired) electrons. The van der Waals surface area contributed by atoms with Crippen molar-refractivity contribution in [2.45, 2.75) is 26.8 Å². The van der Waals surface area contributed by atoms with E-state index in [0.717, 1.165) is 41.5 Å². The van der Waals surface area contributed by atoms with Crippen LogP contribution in [0.25, 0.3) is 0 Å². The van der Waals surface area contributed by atoms with Crippen LogP contribution in [-0.2, 0) is 6.54 Å². The third kappa shape index (κ3) is 4.22. The molecule has 0 saturated carbocycles. The molecule has 0 saturated heterocycles. The molecule has 20 heavy (non-hydrogen) atoms. The lowest BCUT2D eigenvalue weighted by molar-refractivity contribution is 0.459. The van der Waals surface area contributed by atoms with Crippen LogP contribution in [0.2, 0.25) is 5.02 Å². The molecule has 0 aliphatic heterocycles. The fourth-order valence-corrected chi connectivity index (χ4v) is 1.93. The predicted octanol–water partition coefficient (Wildman–Crippen LogP) is 4.34. The van der Waals surface area contributed by atoms with Gasteiger partial charge in [-0.05, 0) is 49.7 Å². The van der Waals surface area contributed by atoms with Crippen LogP contribution in [0.4, 0.5) is 0 Å². The van der Waals surface area contributed by atoms with Crippen LogP contribution < -0.4 is 10.1 Å². The van der Waals surface area contributed by atoms with E-state index in [2.05, 4.69) is 17.2 Å². The van der Waals surface area contributed by atoms with E-state index in [1.807, 2.05) is 43.3 Å². The van der Waals surface area contributed by atoms with Gasteiger partial charge < -0.3 is 10.1 Å². The Morgan fingerprint density at radius 1 is 1.25 bits per heavy atom. The maximum Gasteiger partial charge on any atom is 0.219 e. The summed E-state index contributed by atoms with van der Waals surface area (Å²) in [6.07, 6.45) is 1.11. The molecule has 1 heterocycles. The minimum absolute atomic E-state index is 0.600. The first-order chi connectivity index (χ1) is 9.69. The van der Waals surface area contributed by atoms with E-state index < -0.39 is 0 Å². The molecule has 0 bridgehead atoms. The van der Waals surface area contributed by atoms with Crippen molar-refractivity contribution in [3.05, 3.63) is 52.7 Å². The molecule has 0 aliphatic carbocycles. The number of aryl methyl sites for hydroxylation is 1. The van der Waals surface area contributed by atoms with Gasteiger partial charge in [-0.2, -0.15) is 0 Å². The zero-order valence-corrected chi connectivity index (χ0v) is 12.6. The molecule has 3 nitrogen and oxygen atoms in total. The minimum atomic E-state index is 0.600. The molecule has 106 valence electrons. The summed E-state index contributed by atoms with van der Waals surface area (Å²) in [4.78, 5) is 4.47. The molecule has 1 N–H and O–H groups in total. The van der Waals surface area contributed by atoms with Crippen molar-refractivity contribution in [3.63, 3.8) is 0 Å². The quantitative estimate of drug-likeness (QED) is 0.804. The Labute approximate surface area is 124 Å². The van der Waals surface area contributed by atoms with Crippen molar-refractivity contribution in [1.82, 2.24) is 10.3 Å². The monoisotopic (exact) mass is 290 g/mol. The molecule has 0 fully saturated rings. The van der Waals surface area contributed by atoms with Gasteiger partial charge in [0.15, 0.2) is 0 Å². The number of benzene rings is 1. The van der Waals surface area contributed by atoms with Crippen molar-refractivity contribution in [3.8, 4) is 11.6 Å². The van der Waals surface area contributed by atoms with Gasteiger partial charge in [-0.3, -0.25) is 0 Å². The number of ether oxygens (including phenoxy) is 1. The molecule has 0 atom stereocenters. The van der Waals surface area contributed by atoms with Crippen molar-refractivity contribution >= 4 is 11.6 Å². The highest BCUT2D eigenvalue weighted by molar-refractivity contribution is 6.31. The van der Waals surface area contributed by atoms with Crippen molar-refractivity contribution in [2.75, 3.05) is 6.54 Å². The summed E-state index contributed by atoms with van der Waals surface area (Å²) in [6.45, 7) is 5.84. The fourth-order valence-electron chi connectivity index (χ4n) is 1.81. The van der Waals surface area contributed by atoms with Gasteiger partial charge in [-0.25, -0.2) is 4.98 Å². The van der Waals surface area contributed by atoms with Crippen molar-refractivity contribution in [2.24, 2.45) is 0 Å². The van der Waals surface area contributed by atoms with Crippen molar-refractivity contribution in [1.29, 1.82) is 0 Å². The normalized spacial score (nSPS) is 10.6. The summed E-state index contributed by atoms with van der Waals surface area (Å²) >= 11 is 6.00. The Bertz CT molecular complexity index is 572. The third-order valence-electron chi connectivity index (χ3n) is 2.87. The zero-order valence-electron chi connectivity index (χ0n) is 11.8. The minimum Gasteiger partial charge on any atom is -0.439 e. The number of nitrogens with zero attached hydrogens (tertiary/aromatic N) is 1. The summed E-state index contributed by atoms with van der Waals surface area (Å²) < 4.78 is 5.76. The van der Waals surface area contributed by atoms with Gasteiger partial charge >= 0.3 is 0 Å². The Hall–Kier alpha value is -1.58. The molecule has 0 unspecified atom stereocenters. The molecular weight excluding hydrogens is 272 g/mol. The molecule has 1 aromatic heterocycles. The molecule has 0 amide bonds. The van der Waals surface area contributed by atoms with E-state index in [-0.39, 0.29) is 0 Å². The second-order valence-electron chi connectivity index (χ2n) is 4.66. The second-order valence-corrected chi connectivity index (χ2v) is 5.06. The molecular formula is C16H19ClN2O. The molecule has 0 aliphatic rings. The van der Waals surface area contributed by atoms with Gasteiger partial charge in [0, 0.05) is 17.6 Å². The van der Waals surface area contributed by atoms with Gasteiger partial charge in [0.1, 0.15) is 5.75 Å². The summed E-state index contributed by atoms with van der Waals surface area (Å²) in [5, 5.41) is 4.06. The van der Waals surface area contributed by atoms with Gasteiger partial charge in [-0.15, -0.1) is 0 Å². The molecule has 1 aromatic carbocycles. The zero-order chi connectivity index (χ0) is 14.4. The number of hydrogen-bond donors (Lipinski definition) is 1. The Morgan fingerprint density at radius 3 is 2.85 bits per heavy atom. The first-order valence-corrected chi connectivity index (χ1v) is 7.17. The summed E-state index contributed by atoms with van der Waals surface area (Å²) in [6, 6.07) is 11.4. The van der Waals surface area contributed by atoms with Crippen LogP contribution in [0.3, 0.4) is 0 Å². The van der Waals surface area contributed by atoms with Crippen LogP contribution >= 0.6 is 11.6 Å². The second kappa shape index (κ2) is 7.27. The van der Waals surface area contributed by atoms with Gasteiger partial charge in [0.25, 0.3) is 0 Å². The Balaban J connectivity index is 2.05. The van der Waals surface area contributed by atoms with Crippen LogP contribution in [0.1, 0.15) is 24.6 Å². The lowest BCUT2D eigenvalue weighted by atomic mass is 10.2. The molecule has 2 rings (SSSR count). The van der Waals surface area contributed by atoms with E-state index in [1.54, 1.807) is 0 Å². The van der Waals surface area contributed by atoms with E-state index >= 15 is 0 Å². The van der Waals surface area contributed by atoms with Crippen LogP contribution in [0, 0.1) is 6.92 Å². The average molecular weight is 291 g/mol. The highest BCUT2D eigenvalue weighted by Crippen LogP contribution is 2.24. The van der Waals surface area contributed by atoms with Crippen molar-refractivity contribution < 1.29 is 4.74 Å². The maximum absolute atomic E-state index is 6.00. The fraction of sp³-hybridized carbons (Fsp3) is 0.312. The summed E-state index contributed by atoms with van der Waals surface area (Å²) in [5.41, 5.74) is 1.96. The van der Waals surface area contributed by atoms with Crippen LogP contribution in [0.5, 0.6) is 11.6 Å². The van der Waals surface area contributed by atoms with E-state index in [4.69, 9.17) is 16.3 Å². The largest absolute Gasteiger partial charge is 0.439 e. The Kier molecular flexibility index (Phi) is 5.39. The Morgan fingerprint density at radius 2 is 2.10 bits per heavy atom. The first-order valence-electron chi connectivity index (χ1n) is 6.79.